The molecule has 1 fully saturated rings. The quantitative estimate of drug-likeness (QED) is 0.522. The van der Waals surface area contributed by atoms with Crippen molar-refractivity contribution in [2.75, 3.05) is 27.2 Å². The smallest absolute Gasteiger partial charge is 0.188 e. The summed E-state index contributed by atoms with van der Waals surface area (Å²) < 4.78 is 0. The molecule has 0 amide bonds. The Bertz CT molecular complexity index is 229. The third kappa shape index (κ3) is 4.84. The summed E-state index contributed by atoms with van der Waals surface area (Å²) >= 11 is 0. The summed E-state index contributed by atoms with van der Waals surface area (Å²) in [6.45, 7) is 5.99. The van der Waals surface area contributed by atoms with Crippen LogP contribution in [0.25, 0.3) is 0 Å². The van der Waals surface area contributed by atoms with Crippen LogP contribution in [0.5, 0.6) is 0 Å². The summed E-state index contributed by atoms with van der Waals surface area (Å²) in [5, 5.41) is 3.23. The molecule has 1 atom stereocenters. The summed E-state index contributed by atoms with van der Waals surface area (Å²) in [5.41, 5.74) is 5.81. The van der Waals surface area contributed by atoms with E-state index in [0.717, 1.165) is 19.0 Å². The van der Waals surface area contributed by atoms with Crippen molar-refractivity contribution in [3.63, 3.8) is 0 Å². The standard InChI is InChI=1S/C12H26N4/c1-9(2)7-14-12(13)15-8-11(16(3)4)10-5-6-10/h9-11H,5-8H2,1-4H3,(H3,13,14,15). The fourth-order valence-corrected chi connectivity index (χ4v) is 1.80. The van der Waals surface area contributed by atoms with Crippen LogP contribution in [0.2, 0.25) is 0 Å². The molecule has 0 bridgehead atoms. The Hall–Kier alpha value is -0.770. The molecule has 1 aliphatic carbocycles. The summed E-state index contributed by atoms with van der Waals surface area (Å²) in [5.74, 6) is 2.00. The topological polar surface area (TPSA) is 53.6 Å². The Morgan fingerprint density at radius 2 is 2.06 bits per heavy atom. The van der Waals surface area contributed by atoms with Crippen LogP contribution < -0.4 is 11.1 Å². The number of aliphatic imine (C=N–C) groups is 1. The molecule has 0 aromatic carbocycles. The van der Waals surface area contributed by atoms with Crippen molar-refractivity contribution in [2.45, 2.75) is 32.7 Å². The van der Waals surface area contributed by atoms with Gasteiger partial charge in [0.25, 0.3) is 0 Å². The number of nitrogens with one attached hydrogen (secondary N) is 1. The van der Waals surface area contributed by atoms with Gasteiger partial charge in [-0.2, -0.15) is 0 Å². The fraction of sp³-hybridized carbons (Fsp3) is 0.917. The minimum absolute atomic E-state index is 0.563. The van der Waals surface area contributed by atoms with Crippen molar-refractivity contribution in [3.05, 3.63) is 0 Å². The van der Waals surface area contributed by atoms with Gasteiger partial charge in [-0.15, -0.1) is 0 Å². The number of hydrogen-bond acceptors (Lipinski definition) is 2. The van der Waals surface area contributed by atoms with Crippen LogP contribution in [-0.2, 0) is 0 Å². The number of nitrogens with two attached hydrogens (primary N) is 1. The highest BCUT2D eigenvalue weighted by molar-refractivity contribution is 5.77. The van der Waals surface area contributed by atoms with Crippen LogP contribution in [0.15, 0.2) is 4.99 Å². The molecular formula is C12H26N4. The molecule has 94 valence electrons. The minimum Gasteiger partial charge on any atom is -0.370 e. The van der Waals surface area contributed by atoms with Gasteiger partial charge in [0.2, 0.25) is 0 Å². The van der Waals surface area contributed by atoms with E-state index in [2.05, 4.69) is 43.2 Å². The maximum atomic E-state index is 5.81. The van der Waals surface area contributed by atoms with Gasteiger partial charge in [-0.1, -0.05) is 13.8 Å². The molecule has 4 heteroatoms. The van der Waals surface area contributed by atoms with Crippen LogP contribution in [0.1, 0.15) is 26.7 Å². The summed E-state index contributed by atoms with van der Waals surface area (Å²) in [6, 6.07) is 0.591. The third-order valence-electron chi connectivity index (χ3n) is 2.95. The van der Waals surface area contributed by atoms with Crippen molar-refractivity contribution in [1.29, 1.82) is 0 Å². The molecule has 1 aliphatic rings. The van der Waals surface area contributed by atoms with Gasteiger partial charge < -0.3 is 16.0 Å². The van der Waals surface area contributed by atoms with Crippen molar-refractivity contribution >= 4 is 5.96 Å². The third-order valence-corrected chi connectivity index (χ3v) is 2.95. The monoisotopic (exact) mass is 226 g/mol. The molecule has 0 heterocycles. The van der Waals surface area contributed by atoms with E-state index >= 15 is 0 Å². The zero-order chi connectivity index (χ0) is 12.1. The molecule has 0 aromatic rings. The largest absolute Gasteiger partial charge is 0.370 e. The molecular weight excluding hydrogens is 200 g/mol. The summed E-state index contributed by atoms with van der Waals surface area (Å²) in [6.07, 6.45) is 2.71. The molecule has 4 nitrogen and oxygen atoms in total. The molecule has 3 N–H and O–H groups in total. The Morgan fingerprint density at radius 3 is 2.50 bits per heavy atom. The average molecular weight is 226 g/mol. The number of likely N-dealkylation sites (N-methyl/N-ethyl adjacent to an activating group) is 1. The molecule has 1 rings (SSSR count). The van der Waals surface area contributed by atoms with Gasteiger partial charge in [-0.25, -0.2) is 0 Å². The van der Waals surface area contributed by atoms with Gasteiger partial charge in [-0.3, -0.25) is 4.99 Å². The first-order valence-corrected chi connectivity index (χ1v) is 6.21. The predicted molar refractivity (Wildman–Crippen MR) is 69.5 cm³/mol. The second-order valence-electron chi connectivity index (χ2n) is 5.37. The Balaban J connectivity index is 2.28. The normalized spacial score (nSPS) is 19.2. The SMILES string of the molecule is CC(C)CN=C(N)NCC(C1CC1)N(C)C. The predicted octanol–water partition coefficient (Wildman–Crippen LogP) is 0.887. The van der Waals surface area contributed by atoms with Crippen molar-refractivity contribution < 1.29 is 0 Å². The van der Waals surface area contributed by atoms with Crippen LogP contribution >= 0.6 is 0 Å². The molecule has 0 radical (unpaired) electrons. The van der Waals surface area contributed by atoms with Crippen LogP contribution in [-0.4, -0.2) is 44.1 Å². The second-order valence-corrected chi connectivity index (χ2v) is 5.37. The van der Waals surface area contributed by atoms with E-state index in [0.29, 0.717) is 17.9 Å². The minimum atomic E-state index is 0.563. The number of nitrogens with zero attached hydrogens (tertiary/aromatic N) is 2. The van der Waals surface area contributed by atoms with Gasteiger partial charge >= 0.3 is 0 Å². The fourth-order valence-electron chi connectivity index (χ4n) is 1.80. The lowest BCUT2D eigenvalue weighted by atomic mass is 10.1. The Morgan fingerprint density at radius 1 is 1.44 bits per heavy atom. The lowest BCUT2D eigenvalue weighted by Crippen LogP contribution is -2.44. The van der Waals surface area contributed by atoms with Gasteiger partial charge in [0.15, 0.2) is 5.96 Å². The van der Waals surface area contributed by atoms with E-state index in [1.807, 2.05) is 0 Å². The van der Waals surface area contributed by atoms with Crippen molar-refractivity contribution in [1.82, 2.24) is 10.2 Å². The first-order chi connectivity index (χ1) is 7.50. The van der Waals surface area contributed by atoms with E-state index < -0.39 is 0 Å². The molecule has 0 saturated heterocycles. The van der Waals surface area contributed by atoms with E-state index in [-0.39, 0.29) is 0 Å². The van der Waals surface area contributed by atoms with E-state index in [4.69, 9.17) is 5.73 Å². The first kappa shape index (κ1) is 13.3. The van der Waals surface area contributed by atoms with E-state index in [1.54, 1.807) is 0 Å². The van der Waals surface area contributed by atoms with Crippen molar-refractivity contribution in [3.8, 4) is 0 Å². The molecule has 0 aliphatic heterocycles. The lowest BCUT2D eigenvalue weighted by Gasteiger charge is -2.24. The highest BCUT2D eigenvalue weighted by atomic mass is 15.2. The van der Waals surface area contributed by atoms with Gasteiger partial charge in [0, 0.05) is 19.1 Å². The average Bonchev–Trinajstić information content (AvgIpc) is 2.98. The second kappa shape index (κ2) is 6.09. The first-order valence-electron chi connectivity index (χ1n) is 6.21. The van der Waals surface area contributed by atoms with Crippen LogP contribution in [0.3, 0.4) is 0 Å². The number of guanidine groups is 1. The zero-order valence-electron chi connectivity index (χ0n) is 11.0. The van der Waals surface area contributed by atoms with E-state index in [1.165, 1.54) is 12.8 Å². The Labute approximate surface area is 99.3 Å². The van der Waals surface area contributed by atoms with Crippen molar-refractivity contribution in [2.24, 2.45) is 22.6 Å². The van der Waals surface area contributed by atoms with Gasteiger partial charge in [0.05, 0.1) is 0 Å². The molecule has 1 unspecified atom stereocenters. The Kier molecular flexibility index (Phi) is 5.06. The molecule has 16 heavy (non-hydrogen) atoms. The summed E-state index contributed by atoms with van der Waals surface area (Å²) in [4.78, 5) is 6.58. The van der Waals surface area contributed by atoms with E-state index in [9.17, 15) is 0 Å². The molecule has 1 saturated carbocycles. The highest BCUT2D eigenvalue weighted by Crippen LogP contribution is 2.34. The molecule has 0 aromatic heterocycles. The summed E-state index contributed by atoms with van der Waals surface area (Å²) in [7, 11) is 4.26. The van der Waals surface area contributed by atoms with Crippen LogP contribution in [0.4, 0.5) is 0 Å². The maximum Gasteiger partial charge on any atom is 0.188 e. The van der Waals surface area contributed by atoms with Gasteiger partial charge in [-0.05, 0) is 38.8 Å². The molecule has 0 spiro atoms. The number of rotatable bonds is 6. The maximum absolute atomic E-state index is 5.81. The number of hydrogen-bond donors (Lipinski definition) is 2. The lowest BCUT2D eigenvalue weighted by molar-refractivity contribution is 0.264. The zero-order valence-corrected chi connectivity index (χ0v) is 11.0. The highest BCUT2D eigenvalue weighted by Gasteiger charge is 2.32. The van der Waals surface area contributed by atoms with Crippen LogP contribution in [0, 0.1) is 11.8 Å². The van der Waals surface area contributed by atoms with Gasteiger partial charge in [0.1, 0.15) is 0 Å².